The van der Waals surface area contributed by atoms with Crippen LogP contribution in [0.2, 0.25) is 0 Å². The summed E-state index contributed by atoms with van der Waals surface area (Å²) in [6.07, 6.45) is 1.08. The summed E-state index contributed by atoms with van der Waals surface area (Å²) in [5.74, 6) is 1.58. The van der Waals surface area contributed by atoms with E-state index in [2.05, 4.69) is 55.6 Å². The summed E-state index contributed by atoms with van der Waals surface area (Å²) in [5.41, 5.74) is 5.23. The minimum absolute atomic E-state index is 0.527. The van der Waals surface area contributed by atoms with Crippen molar-refractivity contribution in [1.82, 2.24) is 0 Å². The molecule has 1 aliphatic rings. The minimum Gasteiger partial charge on any atom is -0.493 e. The molecule has 1 heterocycles. The Bertz CT molecular complexity index is 586. The van der Waals surface area contributed by atoms with Crippen LogP contribution in [0.1, 0.15) is 29.0 Å². The summed E-state index contributed by atoms with van der Waals surface area (Å²) >= 11 is 0. The number of ether oxygens (including phenoxy) is 1. The van der Waals surface area contributed by atoms with E-state index >= 15 is 0 Å². The van der Waals surface area contributed by atoms with Crippen LogP contribution in [0.5, 0.6) is 5.75 Å². The summed E-state index contributed by atoms with van der Waals surface area (Å²) in [6.45, 7) is 6.10. The first-order valence-corrected chi connectivity index (χ1v) is 7.27. The van der Waals surface area contributed by atoms with Crippen LogP contribution in [0.15, 0.2) is 42.5 Å². The number of fused-ring (bicyclic) bond motifs is 1. The lowest BCUT2D eigenvalue weighted by atomic mass is 9.93. The summed E-state index contributed by atoms with van der Waals surface area (Å²) in [5, 5.41) is 3.64. The van der Waals surface area contributed by atoms with Gasteiger partial charge in [0.2, 0.25) is 0 Å². The molecule has 1 aliphatic heterocycles. The van der Waals surface area contributed by atoms with Crippen LogP contribution in [0.25, 0.3) is 0 Å². The second kappa shape index (κ2) is 5.58. The van der Waals surface area contributed by atoms with Crippen LogP contribution in [0.3, 0.4) is 0 Å². The number of benzene rings is 2. The van der Waals surface area contributed by atoms with Gasteiger partial charge in [-0.25, -0.2) is 0 Å². The van der Waals surface area contributed by atoms with E-state index in [0.717, 1.165) is 25.3 Å². The van der Waals surface area contributed by atoms with Gasteiger partial charge in [0.1, 0.15) is 5.75 Å². The summed E-state index contributed by atoms with van der Waals surface area (Å²) in [6, 6.07) is 14.8. The van der Waals surface area contributed by atoms with Crippen molar-refractivity contribution in [3.8, 4) is 5.75 Å². The van der Waals surface area contributed by atoms with Crippen molar-refractivity contribution >= 4 is 5.69 Å². The highest BCUT2D eigenvalue weighted by Gasteiger charge is 2.20. The normalized spacial score (nSPS) is 17.2. The summed E-state index contributed by atoms with van der Waals surface area (Å²) in [7, 11) is 0. The lowest BCUT2D eigenvalue weighted by molar-refractivity contribution is 0.270. The Balaban J connectivity index is 1.77. The Morgan fingerprint density at radius 3 is 2.60 bits per heavy atom. The second-order valence-electron chi connectivity index (χ2n) is 5.52. The molecule has 0 fully saturated rings. The van der Waals surface area contributed by atoms with E-state index in [4.69, 9.17) is 4.74 Å². The molecule has 0 amide bonds. The van der Waals surface area contributed by atoms with Crippen LogP contribution >= 0.6 is 0 Å². The maximum atomic E-state index is 5.73. The molecular formula is C18H21NO. The third-order valence-electron chi connectivity index (χ3n) is 4.09. The number of aryl methyl sites for hydroxylation is 2. The van der Waals surface area contributed by atoms with Gasteiger partial charge in [-0.3, -0.25) is 0 Å². The first kappa shape index (κ1) is 13.0. The first-order chi connectivity index (χ1) is 9.75. The minimum atomic E-state index is 0.527. The molecule has 0 saturated heterocycles. The van der Waals surface area contributed by atoms with Crippen LogP contribution in [-0.4, -0.2) is 13.2 Å². The third kappa shape index (κ3) is 2.51. The van der Waals surface area contributed by atoms with Crippen LogP contribution in [0, 0.1) is 13.8 Å². The maximum Gasteiger partial charge on any atom is 0.122 e. The van der Waals surface area contributed by atoms with Crippen molar-refractivity contribution in [2.45, 2.75) is 26.2 Å². The number of hydrogen-bond acceptors (Lipinski definition) is 2. The summed E-state index contributed by atoms with van der Waals surface area (Å²) in [4.78, 5) is 0. The molecule has 1 N–H and O–H groups in total. The Morgan fingerprint density at radius 2 is 1.80 bits per heavy atom. The number of rotatable bonds is 3. The topological polar surface area (TPSA) is 21.3 Å². The maximum absolute atomic E-state index is 5.73. The van der Waals surface area contributed by atoms with Crippen molar-refractivity contribution in [2.75, 3.05) is 18.5 Å². The predicted octanol–water partition coefficient (Wildman–Crippen LogP) is 4.28. The van der Waals surface area contributed by atoms with Crippen molar-refractivity contribution in [3.63, 3.8) is 0 Å². The molecule has 0 bridgehead atoms. The van der Waals surface area contributed by atoms with Crippen LogP contribution < -0.4 is 10.1 Å². The molecule has 0 radical (unpaired) electrons. The lowest BCUT2D eigenvalue weighted by Gasteiger charge is -2.27. The van der Waals surface area contributed by atoms with Gasteiger partial charge in [-0.15, -0.1) is 0 Å². The molecular weight excluding hydrogens is 246 g/mol. The smallest absolute Gasteiger partial charge is 0.122 e. The largest absolute Gasteiger partial charge is 0.493 e. The van der Waals surface area contributed by atoms with Gasteiger partial charge in [-0.1, -0.05) is 36.4 Å². The third-order valence-corrected chi connectivity index (χ3v) is 4.09. The fourth-order valence-electron chi connectivity index (χ4n) is 2.95. The molecule has 3 rings (SSSR count). The van der Waals surface area contributed by atoms with E-state index in [1.54, 1.807) is 0 Å². The highest BCUT2D eigenvalue weighted by Crippen LogP contribution is 2.33. The van der Waals surface area contributed by atoms with Crippen molar-refractivity contribution in [1.29, 1.82) is 0 Å². The molecule has 0 aromatic heterocycles. The Hall–Kier alpha value is -1.96. The standard InChI is InChI=1S/C18H21NO/c1-13-6-5-7-14(2)18(13)19-12-15-10-11-20-17-9-4-3-8-16(15)17/h3-9,15,19H,10-12H2,1-2H3. The van der Waals surface area contributed by atoms with Crippen molar-refractivity contribution in [3.05, 3.63) is 59.2 Å². The van der Waals surface area contributed by atoms with Crippen LogP contribution in [0.4, 0.5) is 5.69 Å². The molecule has 2 aromatic carbocycles. The quantitative estimate of drug-likeness (QED) is 0.896. The molecule has 1 atom stereocenters. The van der Waals surface area contributed by atoms with Gasteiger partial charge in [0.25, 0.3) is 0 Å². The Kier molecular flexibility index (Phi) is 3.64. The number of para-hydroxylation sites is 2. The molecule has 0 aliphatic carbocycles. The fraction of sp³-hybridized carbons (Fsp3) is 0.333. The Morgan fingerprint density at radius 1 is 1.05 bits per heavy atom. The van der Waals surface area contributed by atoms with E-state index in [-0.39, 0.29) is 0 Å². The molecule has 104 valence electrons. The van der Waals surface area contributed by atoms with Gasteiger partial charge in [0.15, 0.2) is 0 Å². The predicted molar refractivity (Wildman–Crippen MR) is 83.7 cm³/mol. The first-order valence-electron chi connectivity index (χ1n) is 7.27. The zero-order chi connectivity index (χ0) is 13.9. The van der Waals surface area contributed by atoms with Gasteiger partial charge in [-0.05, 0) is 43.0 Å². The average Bonchev–Trinajstić information content (AvgIpc) is 2.47. The molecule has 0 saturated carbocycles. The average molecular weight is 267 g/mol. The molecule has 20 heavy (non-hydrogen) atoms. The number of nitrogens with one attached hydrogen (secondary N) is 1. The van der Waals surface area contributed by atoms with Gasteiger partial charge in [0, 0.05) is 18.2 Å². The molecule has 1 unspecified atom stereocenters. The van der Waals surface area contributed by atoms with E-state index < -0.39 is 0 Å². The number of hydrogen-bond donors (Lipinski definition) is 1. The molecule has 2 heteroatoms. The zero-order valence-electron chi connectivity index (χ0n) is 12.1. The molecule has 0 spiro atoms. The van der Waals surface area contributed by atoms with E-state index in [1.807, 2.05) is 6.07 Å². The van der Waals surface area contributed by atoms with Crippen LogP contribution in [-0.2, 0) is 0 Å². The van der Waals surface area contributed by atoms with E-state index in [9.17, 15) is 0 Å². The molecule has 2 aromatic rings. The number of anilines is 1. The van der Waals surface area contributed by atoms with Crippen molar-refractivity contribution < 1.29 is 4.74 Å². The second-order valence-corrected chi connectivity index (χ2v) is 5.52. The SMILES string of the molecule is Cc1cccc(C)c1NCC1CCOc2ccccc21. The van der Waals surface area contributed by atoms with Gasteiger partial charge >= 0.3 is 0 Å². The highest BCUT2D eigenvalue weighted by atomic mass is 16.5. The molecule has 2 nitrogen and oxygen atoms in total. The van der Waals surface area contributed by atoms with E-state index in [0.29, 0.717) is 5.92 Å². The van der Waals surface area contributed by atoms with Gasteiger partial charge < -0.3 is 10.1 Å². The monoisotopic (exact) mass is 267 g/mol. The van der Waals surface area contributed by atoms with Crippen molar-refractivity contribution in [2.24, 2.45) is 0 Å². The zero-order valence-corrected chi connectivity index (χ0v) is 12.1. The summed E-state index contributed by atoms with van der Waals surface area (Å²) < 4.78 is 5.73. The fourth-order valence-corrected chi connectivity index (χ4v) is 2.95. The van der Waals surface area contributed by atoms with Gasteiger partial charge in [0.05, 0.1) is 6.61 Å². The van der Waals surface area contributed by atoms with E-state index in [1.165, 1.54) is 22.4 Å². The Labute approximate surface area is 120 Å². The lowest BCUT2D eigenvalue weighted by Crippen LogP contribution is -2.21. The highest BCUT2D eigenvalue weighted by molar-refractivity contribution is 5.57. The van der Waals surface area contributed by atoms with Gasteiger partial charge in [-0.2, -0.15) is 0 Å².